The lowest BCUT2D eigenvalue weighted by Crippen LogP contribution is -2.32. The van der Waals surface area contributed by atoms with Crippen molar-refractivity contribution in [3.8, 4) is 12.3 Å². The zero-order valence-corrected chi connectivity index (χ0v) is 12.3. The van der Waals surface area contributed by atoms with Crippen LogP contribution in [0.1, 0.15) is 46.5 Å². The Morgan fingerprint density at radius 3 is 2.58 bits per heavy atom. The van der Waals surface area contributed by atoms with Crippen LogP contribution < -0.4 is 0 Å². The number of allylic oxidation sites excluding steroid dienone is 1. The molecule has 0 fully saturated rings. The highest BCUT2D eigenvalue weighted by Crippen LogP contribution is 2.04. The molecular formula is C15H24N4. The first-order valence-electron chi connectivity index (χ1n) is 6.89. The number of aliphatic imine (C=N–C) groups is 1. The van der Waals surface area contributed by atoms with Crippen LogP contribution in [0.2, 0.25) is 0 Å². The Bertz CT molecular complexity index is 369. The predicted molar refractivity (Wildman–Crippen MR) is 78.4 cm³/mol. The van der Waals surface area contributed by atoms with Crippen molar-refractivity contribution in [2.24, 2.45) is 10.9 Å². The Balaban J connectivity index is 4.67. The number of unbranched alkanes of at least 4 members (excludes halogenated alkanes) is 2. The second-order valence-corrected chi connectivity index (χ2v) is 4.79. The quantitative estimate of drug-likeness (QED) is 0.221. The molecule has 0 saturated heterocycles. The van der Waals surface area contributed by atoms with Gasteiger partial charge in [-0.3, -0.25) is 0 Å². The molecular weight excluding hydrogens is 236 g/mol. The highest BCUT2D eigenvalue weighted by atomic mass is 15.2. The average molecular weight is 260 g/mol. The minimum absolute atomic E-state index is 0.190. The van der Waals surface area contributed by atoms with E-state index >= 15 is 0 Å². The maximum Gasteiger partial charge on any atom is 0.207 e. The number of hydrogen-bond donors (Lipinski definition) is 0. The Morgan fingerprint density at radius 2 is 2.05 bits per heavy atom. The van der Waals surface area contributed by atoms with Gasteiger partial charge in [-0.25, -0.2) is 0 Å². The fourth-order valence-corrected chi connectivity index (χ4v) is 1.69. The van der Waals surface area contributed by atoms with Crippen molar-refractivity contribution in [1.82, 2.24) is 4.90 Å². The first-order valence-corrected chi connectivity index (χ1v) is 6.89. The molecule has 0 spiro atoms. The van der Waals surface area contributed by atoms with E-state index < -0.39 is 0 Å². The molecule has 4 heteroatoms. The zero-order chi connectivity index (χ0) is 14.5. The second kappa shape index (κ2) is 11.3. The number of hydrogen-bond acceptors (Lipinski definition) is 3. The van der Waals surface area contributed by atoms with Gasteiger partial charge in [-0.1, -0.05) is 45.8 Å². The van der Waals surface area contributed by atoms with Gasteiger partial charge in [0.05, 0.1) is 12.5 Å². The summed E-state index contributed by atoms with van der Waals surface area (Å²) in [6, 6.07) is 2.08. The van der Waals surface area contributed by atoms with Gasteiger partial charge in [0.25, 0.3) is 0 Å². The molecule has 104 valence electrons. The molecule has 0 aromatic carbocycles. The van der Waals surface area contributed by atoms with Crippen LogP contribution in [-0.2, 0) is 0 Å². The van der Waals surface area contributed by atoms with Gasteiger partial charge in [-0.2, -0.15) is 15.5 Å². The monoisotopic (exact) mass is 260 g/mol. The molecule has 0 bridgehead atoms. The summed E-state index contributed by atoms with van der Waals surface area (Å²) < 4.78 is 0. The van der Waals surface area contributed by atoms with E-state index in [2.05, 4.69) is 44.0 Å². The van der Waals surface area contributed by atoms with Crippen molar-refractivity contribution in [2.75, 3.05) is 13.1 Å². The predicted octanol–water partition coefficient (Wildman–Crippen LogP) is 3.48. The molecule has 19 heavy (non-hydrogen) atoms. The molecule has 0 aliphatic carbocycles. The SMILES string of the molecule is CCCCCN(CC=CC(C)C)C(CC#N)=NC#N. The summed E-state index contributed by atoms with van der Waals surface area (Å²) in [5.74, 6) is 1.08. The van der Waals surface area contributed by atoms with E-state index in [0.717, 1.165) is 25.8 Å². The van der Waals surface area contributed by atoms with E-state index in [1.165, 1.54) is 0 Å². The lowest BCUT2D eigenvalue weighted by Gasteiger charge is -2.23. The van der Waals surface area contributed by atoms with Crippen LogP contribution in [0.15, 0.2) is 17.1 Å². The van der Waals surface area contributed by atoms with Crippen molar-refractivity contribution in [3.05, 3.63) is 12.2 Å². The molecule has 0 aromatic heterocycles. The third-order valence-corrected chi connectivity index (χ3v) is 2.66. The van der Waals surface area contributed by atoms with Gasteiger partial charge in [-0.05, 0) is 12.3 Å². The summed E-state index contributed by atoms with van der Waals surface area (Å²) in [4.78, 5) is 5.81. The zero-order valence-electron chi connectivity index (χ0n) is 12.3. The molecule has 0 heterocycles. The summed E-state index contributed by atoms with van der Waals surface area (Å²) in [6.07, 6.45) is 9.55. The van der Waals surface area contributed by atoms with E-state index in [0.29, 0.717) is 18.3 Å². The molecule has 4 nitrogen and oxygen atoms in total. The van der Waals surface area contributed by atoms with Crippen LogP contribution in [0.5, 0.6) is 0 Å². The standard InChI is InChI=1S/C15H24N4/c1-4-5-6-11-19(12-7-8-14(2)3)15(9-10-16)18-13-17/h7-8,14H,4-6,9,11-12H2,1-3H3. The Kier molecular flexibility index (Phi) is 10.2. The van der Waals surface area contributed by atoms with E-state index in [4.69, 9.17) is 10.5 Å². The van der Waals surface area contributed by atoms with Crippen molar-refractivity contribution >= 4 is 5.84 Å². The molecule has 0 amide bonds. The Hall–Kier alpha value is -1.81. The van der Waals surface area contributed by atoms with E-state index in [1.54, 1.807) is 6.19 Å². The van der Waals surface area contributed by atoms with Crippen molar-refractivity contribution < 1.29 is 0 Å². The topological polar surface area (TPSA) is 63.2 Å². The van der Waals surface area contributed by atoms with Crippen LogP contribution in [0, 0.1) is 28.7 Å². The molecule has 0 atom stereocenters. The van der Waals surface area contributed by atoms with Crippen molar-refractivity contribution in [3.63, 3.8) is 0 Å². The van der Waals surface area contributed by atoms with Gasteiger partial charge in [0, 0.05) is 13.1 Å². The van der Waals surface area contributed by atoms with E-state index in [9.17, 15) is 0 Å². The molecule has 0 unspecified atom stereocenters. The van der Waals surface area contributed by atoms with Gasteiger partial charge in [0.15, 0.2) is 0 Å². The maximum atomic E-state index is 8.81. The molecule has 0 N–H and O–H groups in total. The van der Waals surface area contributed by atoms with Crippen LogP contribution in [0.4, 0.5) is 0 Å². The fraction of sp³-hybridized carbons (Fsp3) is 0.667. The molecule has 0 saturated carbocycles. The lowest BCUT2D eigenvalue weighted by molar-refractivity contribution is 0.434. The number of amidine groups is 1. The Labute approximate surface area is 117 Å². The summed E-state index contributed by atoms with van der Waals surface area (Å²) in [6.45, 7) is 7.96. The highest BCUT2D eigenvalue weighted by molar-refractivity contribution is 5.85. The third-order valence-electron chi connectivity index (χ3n) is 2.66. The molecule has 0 aromatic rings. The van der Waals surface area contributed by atoms with Crippen molar-refractivity contribution in [1.29, 1.82) is 10.5 Å². The van der Waals surface area contributed by atoms with Crippen LogP contribution in [0.25, 0.3) is 0 Å². The van der Waals surface area contributed by atoms with Gasteiger partial charge in [-0.15, -0.1) is 0 Å². The minimum Gasteiger partial charge on any atom is -0.355 e. The van der Waals surface area contributed by atoms with E-state index in [-0.39, 0.29) is 6.42 Å². The largest absolute Gasteiger partial charge is 0.355 e. The average Bonchev–Trinajstić information content (AvgIpc) is 2.36. The summed E-state index contributed by atoms with van der Waals surface area (Å²) in [7, 11) is 0. The van der Waals surface area contributed by atoms with E-state index in [1.807, 2.05) is 4.90 Å². The fourth-order valence-electron chi connectivity index (χ4n) is 1.69. The lowest BCUT2D eigenvalue weighted by atomic mass is 10.2. The summed E-state index contributed by atoms with van der Waals surface area (Å²) in [5.41, 5.74) is 0. The van der Waals surface area contributed by atoms with Gasteiger partial charge < -0.3 is 4.90 Å². The smallest absolute Gasteiger partial charge is 0.207 e. The number of nitrogens with zero attached hydrogens (tertiary/aromatic N) is 4. The van der Waals surface area contributed by atoms with Crippen molar-refractivity contribution in [2.45, 2.75) is 46.5 Å². The van der Waals surface area contributed by atoms with Gasteiger partial charge >= 0.3 is 0 Å². The summed E-state index contributed by atoms with van der Waals surface area (Å²) >= 11 is 0. The molecule has 0 aliphatic rings. The van der Waals surface area contributed by atoms with Crippen LogP contribution in [0.3, 0.4) is 0 Å². The maximum absolute atomic E-state index is 8.81. The Morgan fingerprint density at radius 1 is 1.32 bits per heavy atom. The van der Waals surface area contributed by atoms with Gasteiger partial charge in [0.2, 0.25) is 6.19 Å². The van der Waals surface area contributed by atoms with Gasteiger partial charge in [0.1, 0.15) is 5.84 Å². The number of nitriles is 2. The third kappa shape index (κ3) is 8.85. The first kappa shape index (κ1) is 17.2. The first-order chi connectivity index (χ1) is 9.15. The second-order valence-electron chi connectivity index (χ2n) is 4.79. The van der Waals surface area contributed by atoms with Crippen LogP contribution >= 0.6 is 0 Å². The normalized spacial score (nSPS) is 11.6. The highest BCUT2D eigenvalue weighted by Gasteiger charge is 2.09. The molecule has 0 rings (SSSR count). The molecule has 0 radical (unpaired) electrons. The molecule has 0 aliphatic heterocycles. The van der Waals surface area contributed by atoms with Crippen LogP contribution in [-0.4, -0.2) is 23.8 Å². The summed E-state index contributed by atoms with van der Waals surface area (Å²) in [5, 5.41) is 17.5. The number of rotatable bonds is 8. The minimum atomic E-state index is 0.190.